The number of terminal acetylenes is 1. The molecule has 2 aliphatic carbocycles. The highest BCUT2D eigenvalue weighted by Gasteiger charge is 2.55. The molecule has 3 heteroatoms. The van der Waals surface area contributed by atoms with Gasteiger partial charge in [0.1, 0.15) is 5.75 Å². The molecule has 4 unspecified atom stereocenters. The molecule has 1 aromatic carbocycles. The number of benzene rings is 1. The van der Waals surface area contributed by atoms with Crippen LogP contribution in [0.25, 0.3) is 6.08 Å². The summed E-state index contributed by atoms with van der Waals surface area (Å²) < 4.78 is 0. The van der Waals surface area contributed by atoms with Crippen LogP contribution in [0, 0.1) is 30.6 Å². The van der Waals surface area contributed by atoms with Gasteiger partial charge in [-0.1, -0.05) is 38.8 Å². The average molecular weight is 312 g/mol. The van der Waals surface area contributed by atoms with Crippen LogP contribution in [0.5, 0.6) is 5.75 Å². The van der Waals surface area contributed by atoms with Gasteiger partial charge < -0.3 is 15.3 Å². The number of hydrogen-bond donors (Lipinski definition) is 3. The Hall–Kier alpha value is -1.76. The number of allylic oxidation sites excluding steroid dienone is 1. The molecule has 1 fully saturated rings. The molecule has 0 saturated heterocycles. The van der Waals surface area contributed by atoms with Crippen LogP contribution in [-0.4, -0.2) is 27.5 Å². The molecule has 0 radical (unpaired) electrons. The number of phenols is 1. The molecule has 3 rings (SSSR count). The Morgan fingerprint density at radius 1 is 1.26 bits per heavy atom. The zero-order valence-electron chi connectivity index (χ0n) is 14.1. The van der Waals surface area contributed by atoms with Gasteiger partial charge in [-0.3, -0.25) is 0 Å². The van der Waals surface area contributed by atoms with Crippen molar-refractivity contribution in [2.45, 2.75) is 51.7 Å². The van der Waals surface area contributed by atoms with Crippen molar-refractivity contribution in [3.63, 3.8) is 0 Å². The van der Waals surface area contributed by atoms with Gasteiger partial charge in [0.05, 0.1) is 12.2 Å². The van der Waals surface area contributed by atoms with Crippen LogP contribution in [0.4, 0.5) is 0 Å². The van der Waals surface area contributed by atoms with Gasteiger partial charge in [-0.2, -0.15) is 0 Å². The topological polar surface area (TPSA) is 60.7 Å². The van der Waals surface area contributed by atoms with Gasteiger partial charge in [-0.15, -0.1) is 6.42 Å². The van der Waals surface area contributed by atoms with Crippen molar-refractivity contribution in [1.29, 1.82) is 0 Å². The van der Waals surface area contributed by atoms with Crippen molar-refractivity contribution in [1.82, 2.24) is 0 Å². The summed E-state index contributed by atoms with van der Waals surface area (Å²) in [5.41, 5.74) is 2.45. The molecule has 0 bridgehead atoms. The molecular formula is C20H24O3. The number of hydrogen-bond acceptors (Lipinski definition) is 3. The lowest BCUT2D eigenvalue weighted by Crippen LogP contribution is -2.58. The summed E-state index contributed by atoms with van der Waals surface area (Å²) >= 11 is 0. The molecule has 1 aromatic rings. The Morgan fingerprint density at radius 3 is 2.52 bits per heavy atom. The zero-order chi connectivity index (χ0) is 17.2. The van der Waals surface area contributed by atoms with Crippen molar-refractivity contribution in [3.05, 3.63) is 34.4 Å². The Morgan fingerprint density at radius 2 is 1.91 bits per heavy atom. The normalized spacial score (nSPS) is 34.4. The van der Waals surface area contributed by atoms with E-state index in [4.69, 9.17) is 6.42 Å². The molecule has 0 heterocycles. The van der Waals surface area contributed by atoms with Gasteiger partial charge in [-0.25, -0.2) is 0 Å². The van der Waals surface area contributed by atoms with Gasteiger partial charge in [0, 0.05) is 22.0 Å². The molecular weight excluding hydrogens is 288 g/mol. The van der Waals surface area contributed by atoms with E-state index in [9.17, 15) is 15.3 Å². The third kappa shape index (κ3) is 1.99. The predicted molar refractivity (Wildman–Crippen MR) is 91.1 cm³/mol. The summed E-state index contributed by atoms with van der Waals surface area (Å²) in [6.45, 7) is 7.87. The second-order valence-corrected chi connectivity index (χ2v) is 7.79. The first-order chi connectivity index (χ1) is 10.6. The highest BCUT2D eigenvalue weighted by atomic mass is 16.3. The minimum absolute atomic E-state index is 0.0497. The number of rotatable bonds is 0. The Kier molecular flexibility index (Phi) is 3.41. The number of aromatic hydroxyl groups is 1. The predicted octanol–water partition coefficient (Wildman–Crippen LogP) is 2.73. The van der Waals surface area contributed by atoms with Crippen molar-refractivity contribution in [2.75, 3.05) is 0 Å². The van der Waals surface area contributed by atoms with Crippen LogP contribution in [0.3, 0.4) is 0 Å². The minimum Gasteiger partial charge on any atom is -0.508 e. The van der Waals surface area contributed by atoms with E-state index in [-0.39, 0.29) is 17.1 Å². The average Bonchev–Trinajstić information content (AvgIpc) is 2.47. The quantitative estimate of drug-likeness (QED) is 0.646. The third-order valence-electron chi connectivity index (χ3n) is 6.06. The van der Waals surface area contributed by atoms with Crippen molar-refractivity contribution >= 4 is 6.08 Å². The maximum Gasteiger partial charge on any atom is 0.120 e. The number of aliphatic hydroxyl groups is 2. The molecule has 3 N–H and O–H groups in total. The van der Waals surface area contributed by atoms with E-state index in [0.717, 1.165) is 11.1 Å². The summed E-state index contributed by atoms with van der Waals surface area (Å²) in [5.74, 6) is 2.93. The summed E-state index contributed by atoms with van der Waals surface area (Å²) in [6, 6.07) is 1.78. The minimum atomic E-state index is -0.802. The first kappa shape index (κ1) is 16.1. The van der Waals surface area contributed by atoms with E-state index in [1.54, 1.807) is 6.07 Å². The summed E-state index contributed by atoms with van der Waals surface area (Å²) in [6.07, 6.45) is 8.64. The molecule has 0 aromatic heterocycles. The van der Waals surface area contributed by atoms with Crippen LogP contribution >= 0.6 is 0 Å². The highest BCUT2D eigenvalue weighted by molar-refractivity contribution is 5.71. The summed E-state index contributed by atoms with van der Waals surface area (Å²) in [7, 11) is 0. The lowest BCUT2D eigenvalue weighted by Gasteiger charge is -2.56. The maximum atomic E-state index is 10.4. The van der Waals surface area contributed by atoms with Gasteiger partial charge in [0.15, 0.2) is 0 Å². The molecule has 3 nitrogen and oxygen atoms in total. The monoisotopic (exact) mass is 312 g/mol. The zero-order valence-corrected chi connectivity index (χ0v) is 14.1. The van der Waals surface area contributed by atoms with Gasteiger partial charge in [0.2, 0.25) is 0 Å². The molecule has 1 saturated carbocycles. The summed E-state index contributed by atoms with van der Waals surface area (Å²) in [4.78, 5) is 0. The van der Waals surface area contributed by atoms with Crippen LogP contribution in [-0.2, 0) is 5.41 Å². The Bertz CT molecular complexity index is 738. The lowest BCUT2D eigenvalue weighted by molar-refractivity contribution is -0.126. The molecule has 4 atom stereocenters. The SMILES string of the molecule is C#Cc1c(C)c(O)cc2c1C=CC1C2(C)CC(O)C(O)C1(C)C. The largest absolute Gasteiger partial charge is 0.508 e. The number of fused-ring (bicyclic) bond motifs is 3. The molecule has 122 valence electrons. The molecule has 0 amide bonds. The van der Waals surface area contributed by atoms with Crippen molar-refractivity contribution < 1.29 is 15.3 Å². The lowest BCUT2D eigenvalue weighted by atomic mass is 9.50. The molecule has 0 aliphatic heterocycles. The Labute approximate surface area is 137 Å². The number of aliphatic hydroxyl groups excluding tert-OH is 2. The van der Waals surface area contributed by atoms with Crippen LogP contribution in [0.2, 0.25) is 0 Å². The summed E-state index contributed by atoms with van der Waals surface area (Å²) in [5, 5.41) is 31.2. The van der Waals surface area contributed by atoms with Crippen LogP contribution in [0.15, 0.2) is 12.1 Å². The van der Waals surface area contributed by atoms with E-state index in [2.05, 4.69) is 18.9 Å². The van der Waals surface area contributed by atoms with E-state index >= 15 is 0 Å². The molecule has 23 heavy (non-hydrogen) atoms. The van der Waals surface area contributed by atoms with Gasteiger partial charge >= 0.3 is 0 Å². The smallest absolute Gasteiger partial charge is 0.120 e. The first-order valence-electron chi connectivity index (χ1n) is 8.02. The fraction of sp³-hybridized carbons (Fsp3) is 0.500. The highest BCUT2D eigenvalue weighted by Crippen LogP contribution is 2.56. The second kappa shape index (κ2) is 4.87. The van der Waals surface area contributed by atoms with E-state index in [0.29, 0.717) is 17.5 Å². The standard InChI is InChI=1S/C20H24O3/c1-6-12-11(2)15(21)9-14-13(12)7-8-17-19(3,4)18(23)16(22)10-20(14,17)5/h1,7-9,16-18,21-23H,10H2,2-5H3. The first-order valence-corrected chi connectivity index (χ1v) is 8.02. The number of phenolic OH excluding ortho intramolecular Hbond substituents is 1. The third-order valence-corrected chi connectivity index (χ3v) is 6.06. The fourth-order valence-electron chi connectivity index (χ4n) is 4.72. The second-order valence-electron chi connectivity index (χ2n) is 7.79. The van der Waals surface area contributed by atoms with Gasteiger partial charge in [-0.05, 0) is 36.5 Å². The van der Waals surface area contributed by atoms with Crippen molar-refractivity contribution in [2.24, 2.45) is 11.3 Å². The van der Waals surface area contributed by atoms with E-state index in [1.807, 2.05) is 26.8 Å². The van der Waals surface area contributed by atoms with Gasteiger partial charge in [0.25, 0.3) is 0 Å². The molecule has 2 aliphatic rings. The maximum absolute atomic E-state index is 10.4. The van der Waals surface area contributed by atoms with E-state index in [1.165, 1.54) is 0 Å². The van der Waals surface area contributed by atoms with Crippen LogP contribution in [0.1, 0.15) is 49.4 Å². The van der Waals surface area contributed by atoms with Crippen LogP contribution < -0.4 is 0 Å². The Balaban J connectivity index is 2.29. The molecule has 0 spiro atoms. The van der Waals surface area contributed by atoms with E-state index < -0.39 is 17.6 Å². The fourth-order valence-corrected chi connectivity index (χ4v) is 4.72. The van der Waals surface area contributed by atoms with Crippen molar-refractivity contribution in [3.8, 4) is 18.1 Å².